The largest absolute Gasteiger partial charge is 0.339 e. The number of thiophene rings is 1. The van der Waals surface area contributed by atoms with Gasteiger partial charge in [-0.3, -0.25) is 9.59 Å². The van der Waals surface area contributed by atoms with Crippen LogP contribution in [0.15, 0.2) is 40.2 Å². The van der Waals surface area contributed by atoms with Gasteiger partial charge in [0.2, 0.25) is 5.91 Å². The van der Waals surface area contributed by atoms with Gasteiger partial charge in [0.15, 0.2) is 0 Å². The highest BCUT2D eigenvalue weighted by Gasteiger charge is 2.27. The summed E-state index contributed by atoms with van der Waals surface area (Å²) in [5, 5.41) is 2.72. The van der Waals surface area contributed by atoms with Crippen LogP contribution >= 0.6 is 38.9 Å². The summed E-state index contributed by atoms with van der Waals surface area (Å²) in [6.45, 7) is 4.39. The molecule has 1 fully saturated rings. The average molecular weight is 481 g/mol. The summed E-state index contributed by atoms with van der Waals surface area (Å²) in [6.07, 6.45) is 0. The fraction of sp³-hybridized carbons (Fsp3) is 0.300. The highest BCUT2D eigenvalue weighted by atomic mass is 79.9. The van der Waals surface area contributed by atoms with E-state index in [4.69, 9.17) is 11.6 Å². The van der Waals surface area contributed by atoms with Crippen molar-refractivity contribution in [2.45, 2.75) is 13.5 Å². The van der Waals surface area contributed by atoms with Gasteiger partial charge in [-0.25, -0.2) is 0 Å². The number of rotatable bonds is 3. The molecule has 1 aliphatic rings. The third-order valence-electron chi connectivity index (χ3n) is 5.04. The van der Waals surface area contributed by atoms with E-state index in [1.165, 1.54) is 0 Å². The first-order chi connectivity index (χ1) is 13.4. The second kappa shape index (κ2) is 7.89. The molecule has 28 heavy (non-hydrogen) atoms. The highest BCUT2D eigenvalue weighted by Crippen LogP contribution is 2.34. The predicted octanol–water partition coefficient (Wildman–Crippen LogP) is 4.47. The molecular weight excluding hydrogens is 462 g/mol. The van der Waals surface area contributed by atoms with E-state index in [0.717, 1.165) is 20.3 Å². The molecule has 8 heteroatoms. The Labute approximate surface area is 180 Å². The van der Waals surface area contributed by atoms with Crippen LogP contribution in [0.25, 0.3) is 10.2 Å². The maximum absolute atomic E-state index is 13.3. The zero-order valence-electron chi connectivity index (χ0n) is 15.3. The van der Waals surface area contributed by atoms with E-state index < -0.39 is 0 Å². The molecule has 146 valence electrons. The number of hydrogen-bond donors (Lipinski definition) is 0. The SMILES string of the molecule is CC(=O)N1CCN(C(=O)c2cc3scc(Br)c3n2Cc2cccc(Cl)c2)CC1. The monoisotopic (exact) mass is 479 g/mol. The lowest BCUT2D eigenvalue weighted by Crippen LogP contribution is -2.50. The molecule has 0 N–H and O–H groups in total. The first-order valence-corrected chi connectivity index (χ1v) is 11.0. The van der Waals surface area contributed by atoms with Crippen molar-refractivity contribution in [3.05, 3.63) is 56.5 Å². The second-order valence-electron chi connectivity index (χ2n) is 6.84. The van der Waals surface area contributed by atoms with E-state index in [9.17, 15) is 9.59 Å². The van der Waals surface area contributed by atoms with Gasteiger partial charge in [0.05, 0.1) is 14.7 Å². The van der Waals surface area contributed by atoms with Crippen molar-refractivity contribution >= 4 is 60.9 Å². The summed E-state index contributed by atoms with van der Waals surface area (Å²) in [4.78, 5) is 28.5. The summed E-state index contributed by atoms with van der Waals surface area (Å²) >= 11 is 11.4. The van der Waals surface area contributed by atoms with Gasteiger partial charge < -0.3 is 14.4 Å². The van der Waals surface area contributed by atoms with E-state index in [1.54, 1.807) is 23.2 Å². The molecule has 1 aliphatic heterocycles. The number of fused-ring (bicyclic) bond motifs is 1. The Morgan fingerprint density at radius 1 is 1.14 bits per heavy atom. The lowest BCUT2D eigenvalue weighted by Gasteiger charge is -2.34. The van der Waals surface area contributed by atoms with E-state index in [0.29, 0.717) is 43.4 Å². The average Bonchev–Trinajstić information content (AvgIpc) is 3.22. The molecule has 0 radical (unpaired) electrons. The summed E-state index contributed by atoms with van der Waals surface area (Å²) < 4.78 is 4.11. The van der Waals surface area contributed by atoms with Crippen molar-refractivity contribution < 1.29 is 9.59 Å². The molecule has 0 spiro atoms. The highest BCUT2D eigenvalue weighted by molar-refractivity contribution is 9.10. The molecule has 0 atom stereocenters. The van der Waals surface area contributed by atoms with Crippen LogP contribution in [0.2, 0.25) is 5.02 Å². The molecule has 0 bridgehead atoms. The zero-order valence-corrected chi connectivity index (χ0v) is 18.5. The van der Waals surface area contributed by atoms with E-state index in [1.807, 2.05) is 40.6 Å². The molecule has 2 amide bonds. The maximum atomic E-state index is 13.3. The third-order valence-corrected chi connectivity index (χ3v) is 7.10. The van der Waals surface area contributed by atoms with Gasteiger partial charge in [-0.1, -0.05) is 23.7 Å². The molecule has 1 saturated heterocycles. The summed E-state index contributed by atoms with van der Waals surface area (Å²) in [5.74, 6) is 0.0569. The van der Waals surface area contributed by atoms with Crippen LogP contribution in [0.5, 0.6) is 0 Å². The molecule has 4 rings (SSSR count). The number of amides is 2. The van der Waals surface area contributed by atoms with Crippen LogP contribution in [0.4, 0.5) is 0 Å². The van der Waals surface area contributed by atoms with E-state index in [2.05, 4.69) is 20.5 Å². The Hall–Kier alpha value is -1.83. The first kappa shape index (κ1) is 19.5. The minimum Gasteiger partial charge on any atom is -0.339 e. The van der Waals surface area contributed by atoms with Gasteiger partial charge in [-0.15, -0.1) is 11.3 Å². The maximum Gasteiger partial charge on any atom is 0.270 e. The van der Waals surface area contributed by atoms with Crippen LogP contribution in [0.1, 0.15) is 23.0 Å². The Bertz CT molecular complexity index is 1050. The Morgan fingerprint density at radius 2 is 1.86 bits per heavy atom. The third kappa shape index (κ3) is 3.71. The summed E-state index contributed by atoms with van der Waals surface area (Å²) in [6, 6.07) is 9.67. The summed E-state index contributed by atoms with van der Waals surface area (Å²) in [7, 11) is 0. The van der Waals surface area contributed by atoms with Crippen LogP contribution in [-0.2, 0) is 11.3 Å². The molecule has 0 unspecified atom stereocenters. The van der Waals surface area contributed by atoms with Crippen LogP contribution < -0.4 is 0 Å². The normalized spacial score (nSPS) is 14.7. The number of halogens is 2. The Kier molecular flexibility index (Phi) is 5.49. The minimum atomic E-state index is 0.000491. The van der Waals surface area contributed by atoms with Crippen molar-refractivity contribution in [3.63, 3.8) is 0 Å². The number of hydrogen-bond acceptors (Lipinski definition) is 3. The van der Waals surface area contributed by atoms with Crippen molar-refractivity contribution in [2.24, 2.45) is 0 Å². The lowest BCUT2D eigenvalue weighted by atomic mass is 10.2. The van der Waals surface area contributed by atoms with Gasteiger partial charge >= 0.3 is 0 Å². The first-order valence-electron chi connectivity index (χ1n) is 8.99. The number of aromatic nitrogens is 1. The number of piperazine rings is 1. The molecule has 0 saturated carbocycles. The number of carbonyl (C=O) groups excluding carboxylic acids is 2. The van der Waals surface area contributed by atoms with Crippen molar-refractivity contribution in [3.8, 4) is 0 Å². The number of benzene rings is 1. The lowest BCUT2D eigenvalue weighted by molar-refractivity contribution is -0.130. The van der Waals surface area contributed by atoms with E-state index in [-0.39, 0.29) is 11.8 Å². The van der Waals surface area contributed by atoms with Crippen LogP contribution in [0.3, 0.4) is 0 Å². The molecule has 1 aromatic carbocycles. The van der Waals surface area contributed by atoms with Gasteiger partial charge in [0.1, 0.15) is 5.69 Å². The fourth-order valence-corrected chi connectivity index (χ4v) is 5.48. The van der Waals surface area contributed by atoms with Crippen molar-refractivity contribution in [2.75, 3.05) is 26.2 Å². The molecule has 3 heterocycles. The Morgan fingerprint density at radius 3 is 2.54 bits per heavy atom. The number of carbonyl (C=O) groups is 2. The van der Waals surface area contributed by atoms with Crippen LogP contribution in [-0.4, -0.2) is 52.4 Å². The molecule has 2 aromatic heterocycles. The van der Waals surface area contributed by atoms with E-state index >= 15 is 0 Å². The fourth-order valence-electron chi connectivity index (χ4n) is 3.58. The molecule has 0 aliphatic carbocycles. The standard InChI is InChI=1S/C20H19BrClN3O2S/c1-13(26)23-5-7-24(8-6-23)20(27)17-10-18-19(16(21)12-28-18)25(17)11-14-3-2-4-15(22)9-14/h2-4,9-10,12H,5-8,11H2,1H3. The summed E-state index contributed by atoms with van der Waals surface area (Å²) in [5.41, 5.74) is 2.73. The molecular formula is C20H19BrClN3O2S. The number of nitrogens with zero attached hydrogens (tertiary/aromatic N) is 3. The minimum absolute atomic E-state index is 0.000491. The molecule has 5 nitrogen and oxygen atoms in total. The zero-order chi connectivity index (χ0) is 19.8. The second-order valence-corrected chi connectivity index (χ2v) is 9.04. The smallest absolute Gasteiger partial charge is 0.270 e. The van der Waals surface area contributed by atoms with Gasteiger partial charge in [0.25, 0.3) is 5.91 Å². The van der Waals surface area contributed by atoms with Gasteiger partial charge in [-0.2, -0.15) is 0 Å². The van der Waals surface area contributed by atoms with Crippen molar-refractivity contribution in [1.29, 1.82) is 0 Å². The quantitative estimate of drug-likeness (QED) is 0.555. The predicted molar refractivity (Wildman–Crippen MR) is 116 cm³/mol. The van der Waals surface area contributed by atoms with Gasteiger partial charge in [-0.05, 0) is 39.7 Å². The molecule has 3 aromatic rings. The van der Waals surface area contributed by atoms with Crippen molar-refractivity contribution in [1.82, 2.24) is 14.4 Å². The van der Waals surface area contributed by atoms with Gasteiger partial charge in [0, 0.05) is 50.1 Å². The topological polar surface area (TPSA) is 45.6 Å². The Balaban J connectivity index is 1.67. The van der Waals surface area contributed by atoms with Crippen LogP contribution in [0, 0.1) is 0 Å².